The molecule has 2 aromatic rings. The number of hydrogen-bond acceptors (Lipinski definition) is 5. The third-order valence-corrected chi connectivity index (χ3v) is 7.42. The van der Waals surface area contributed by atoms with Crippen LogP contribution >= 0.6 is 11.8 Å². The number of carbonyl (C=O) groups is 1. The van der Waals surface area contributed by atoms with Crippen molar-refractivity contribution < 1.29 is 4.79 Å². The standard InChI is InChI=1S/C20H24N4OS/c1-12(17(25)21-13-8-6-5-7-9-13)26-18-22-16-15(23-24-18)14-10-11-20(16,4)19(14,2)3/h5-9,12,14H,10-11H2,1-4H3,(H,21,25)/t12-,14+,20-/m0/s1. The highest BCUT2D eigenvalue weighted by Gasteiger charge is 2.61. The molecule has 1 aromatic carbocycles. The Morgan fingerprint density at radius 3 is 2.69 bits per heavy atom. The fourth-order valence-electron chi connectivity index (χ4n) is 4.39. The molecule has 0 radical (unpaired) electrons. The molecular formula is C20H24N4OS. The summed E-state index contributed by atoms with van der Waals surface area (Å²) in [5.41, 5.74) is 3.16. The maximum absolute atomic E-state index is 12.4. The minimum absolute atomic E-state index is 0.0494. The quantitative estimate of drug-likeness (QED) is 0.821. The summed E-state index contributed by atoms with van der Waals surface area (Å²) in [6.45, 7) is 8.80. The lowest BCUT2D eigenvalue weighted by Crippen LogP contribution is -2.32. The van der Waals surface area contributed by atoms with Crippen molar-refractivity contribution in [2.24, 2.45) is 5.41 Å². The van der Waals surface area contributed by atoms with E-state index in [2.05, 4.69) is 36.3 Å². The topological polar surface area (TPSA) is 67.8 Å². The van der Waals surface area contributed by atoms with E-state index in [1.165, 1.54) is 11.8 Å². The number of benzene rings is 1. The molecule has 1 saturated carbocycles. The summed E-state index contributed by atoms with van der Waals surface area (Å²) in [5.74, 6) is 0.388. The van der Waals surface area contributed by atoms with E-state index < -0.39 is 0 Å². The van der Waals surface area contributed by atoms with Crippen LogP contribution in [0.15, 0.2) is 35.5 Å². The third-order valence-electron chi connectivity index (χ3n) is 6.47. The molecule has 2 aliphatic carbocycles. The maximum Gasteiger partial charge on any atom is 0.237 e. The zero-order chi connectivity index (χ0) is 18.5. The first-order valence-corrected chi connectivity index (χ1v) is 9.98. The molecule has 1 aromatic heterocycles. The van der Waals surface area contributed by atoms with Crippen molar-refractivity contribution >= 4 is 23.4 Å². The minimum Gasteiger partial charge on any atom is -0.325 e. The SMILES string of the molecule is C[C@H](Sc1nnc2c(n1)[C@]1(C)CC[C@H]2C1(C)C)C(=O)Nc1ccccc1. The number of hydrogen-bond donors (Lipinski definition) is 1. The van der Waals surface area contributed by atoms with Gasteiger partial charge in [-0.05, 0) is 37.3 Å². The van der Waals surface area contributed by atoms with Crippen molar-refractivity contribution in [2.75, 3.05) is 5.32 Å². The second kappa shape index (κ2) is 6.05. The number of fused-ring (bicyclic) bond motifs is 5. The normalized spacial score (nSPS) is 26.4. The summed E-state index contributed by atoms with van der Waals surface area (Å²) < 4.78 is 0. The van der Waals surface area contributed by atoms with Gasteiger partial charge in [-0.25, -0.2) is 4.98 Å². The molecule has 136 valence electrons. The molecule has 1 N–H and O–H groups in total. The molecule has 1 fully saturated rings. The number of carbonyl (C=O) groups excluding carboxylic acids is 1. The summed E-state index contributed by atoms with van der Waals surface area (Å²) in [5, 5.41) is 12.0. The van der Waals surface area contributed by atoms with E-state index in [0.29, 0.717) is 11.1 Å². The van der Waals surface area contributed by atoms with E-state index in [-0.39, 0.29) is 22.0 Å². The summed E-state index contributed by atoms with van der Waals surface area (Å²) >= 11 is 1.37. The number of aromatic nitrogens is 3. The molecule has 26 heavy (non-hydrogen) atoms. The fourth-order valence-corrected chi connectivity index (χ4v) is 5.10. The van der Waals surface area contributed by atoms with E-state index in [1.54, 1.807) is 0 Å². The Labute approximate surface area is 158 Å². The van der Waals surface area contributed by atoms with Gasteiger partial charge < -0.3 is 5.32 Å². The third kappa shape index (κ3) is 2.54. The van der Waals surface area contributed by atoms with Crippen LogP contribution in [0.1, 0.15) is 57.8 Å². The molecule has 2 aliphatic rings. The second-order valence-corrected chi connectivity index (χ2v) is 9.40. The van der Waals surface area contributed by atoms with Gasteiger partial charge in [0.2, 0.25) is 11.1 Å². The monoisotopic (exact) mass is 368 g/mol. The molecule has 3 atom stereocenters. The van der Waals surface area contributed by atoms with Crippen LogP contribution in [0.3, 0.4) is 0 Å². The molecule has 0 saturated heterocycles. The van der Waals surface area contributed by atoms with E-state index in [0.717, 1.165) is 29.9 Å². The Hall–Kier alpha value is -1.95. The predicted molar refractivity (Wildman–Crippen MR) is 103 cm³/mol. The van der Waals surface area contributed by atoms with Crippen molar-refractivity contribution in [1.29, 1.82) is 0 Å². The number of nitrogens with one attached hydrogen (secondary N) is 1. The predicted octanol–water partition coefficient (Wildman–Crippen LogP) is 4.17. The average Bonchev–Trinajstić information content (AvgIpc) is 2.95. The number of thioether (sulfide) groups is 1. The number of para-hydroxylation sites is 1. The highest BCUT2D eigenvalue weighted by molar-refractivity contribution is 8.00. The highest BCUT2D eigenvalue weighted by Crippen LogP contribution is 2.66. The second-order valence-electron chi connectivity index (χ2n) is 8.09. The van der Waals surface area contributed by atoms with Crippen LogP contribution in [-0.4, -0.2) is 26.3 Å². The van der Waals surface area contributed by atoms with Crippen molar-refractivity contribution in [2.45, 2.75) is 62.3 Å². The van der Waals surface area contributed by atoms with Crippen LogP contribution in [0, 0.1) is 5.41 Å². The van der Waals surface area contributed by atoms with Gasteiger partial charge in [-0.3, -0.25) is 4.79 Å². The van der Waals surface area contributed by atoms with Gasteiger partial charge in [0.1, 0.15) is 0 Å². The number of rotatable bonds is 4. The molecule has 5 nitrogen and oxygen atoms in total. The zero-order valence-electron chi connectivity index (χ0n) is 15.6. The molecule has 0 unspecified atom stereocenters. The van der Waals surface area contributed by atoms with Gasteiger partial charge in [-0.15, -0.1) is 5.10 Å². The molecule has 0 spiro atoms. The number of amides is 1. The van der Waals surface area contributed by atoms with Gasteiger partial charge in [0, 0.05) is 17.0 Å². The highest BCUT2D eigenvalue weighted by atomic mass is 32.2. The van der Waals surface area contributed by atoms with E-state index in [4.69, 9.17) is 4.98 Å². The van der Waals surface area contributed by atoms with Gasteiger partial charge in [0.15, 0.2) is 0 Å². The lowest BCUT2D eigenvalue weighted by molar-refractivity contribution is -0.115. The lowest BCUT2D eigenvalue weighted by Gasteiger charge is -2.34. The lowest BCUT2D eigenvalue weighted by atomic mass is 9.70. The van der Waals surface area contributed by atoms with Crippen LogP contribution in [0.25, 0.3) is 0 Å². The number of nitrogens with zero attached hydrogens (tertiary/aromatic N) is 3. The Balaban J connectivity index is 1.52. The van der Waals surface area contributed by atoms with Gasteiger partial charge >= 0.3 is 0 Å². The zero-order valence-corrected chi connectivity index (χ0v) is 16.4. The maximum atomic E-state index is 12.4. The van der Waals surface area contributed by atoms with Gasteiger partial charge in [0.05, 0.1) is 16.6 Å². The Morgan fingerprint density at radius 2 is 1.96 bits per heavy atom. The summed E-state index contributed by atoms with van der Waals surface area (Å²) in [6.07, 6.45) is 2.31. The van der Waals surface area contributed by atoms with Crippen LogP contribution in [0.4, 0.5) is 5.69 Å². The van der Waals surface area contributed by atoms with E-state index in [1.807, 2.05) is 37.3 Å². The summed E-state index contributed by atoms with van der Waals surface area (Å²) in [7, 11) is 0. The molecule has 2 bridgehead atoms. The van der Waals surface area contributed by atoms with Crippen molar-refractivity contribution in [1.82, 2.24) is 15.2 Å². The minimum atomic E-state index is -0.297. The first-order chi connectivity index (χ1) is 12.3. The van der Waals surface area contributed by atoms with Gasteiger partial charge in [-0.2, -0.15) is 5.10 Å². The Kier molecular flexibility index (Phi) is 4.06. The Morgan fingerprint density at radius 1 is 1.23 bits per heavy atom. The van der Waals surface area contributed by atoms with Crippen LogP contribution in [-0.2, 0) is 10.2 Å². The van der Waals surface area contributed by atoms with E-state index >= 15 is 0 Å². The van der Waals surface area contributed by atoms with Crippen LogP contribution in [0.5, 0.6) is 0 Å². The van der Waals surface area contributed by atoms with Gasteiger partial charge in [0.25, 0.3) is 0 Å². The number of anilines is 1. The summed E-state index contributed by atoms with van der Waals surface area (Å²) in [6, 6.07) is 9.48. The molecular weight excluding hydrogens is 344 g/mol. The van der Waals surface area contributed by atoms with Crippen LogP contribution < -0.4 is 5.32 Å². The molecule has 1 heterocycles. The largest absolute Gasteiger partial charge is 0.325 e. The van der Waals surface area contributed by atoms with Crippen molar-refractivity contribution in [3.05, 3.63) is 41.7 Å². The average molecular weight is 369 g/mol. The van der Waals surface area contributed by atoms with E-state index in [9.17, 15) is 4.79 Å². The van der Waals surface area contributed by atoms with Crippen LogP contribution in [0.2, 0.25) is 0 Å². The molecule has 4 rings (SSSR count). The smallest absolute Gasteiger partial charge is 0.237 e. The molecule has 1 amide bonds. The first-order valence-electron chi connectivity index (χ1n) is 9.10. The van der Waals surface area contributed by atoms with Crippen molar-refractivity contribution in [3.63, 3.8) is 0 Å². The first kappa shape index (κ1) is 17.5. The summed E-state index contributed by atoms with van der Waals surface area (Å²) in [4.78, 5) is 17.3. The molecule has 0 aliphatic heterocycles. The molecule has 6 heteroatoms. The fraction of sp³-hybridized carbons (Fsp3) is 0.500. The Bertz CT molecular complexity index is 854. The van der Waals surface area contributed by atoms with Gasteiger partial charge in [-0.1, -0.05) is 50.7 Å². The van der Waals surface area contributed by atoms with Crippen molar-refractivity contribution in [3.8, 4) is 0 Å².